The van der Waals surface area contributed by atoms with Crippen LogP contribution in [0.3, 0.4) is 0 Å². The number of benzene rings is 1. The van der Waals surface area contributed by atoms with Gasteiger partial charge in [0.25, 0.3) is 5.91 Å². The maximum Gasteiger partial charge on any atom is 0.254 e. The van der Waals surface area contributed by atoms with Gasteiger partial charge in [-0.3, -0.25) is 9.78 Å². The highest BCUT2D eigenvalue weighted by Gasteiger charge is 2.30. The molecule has 2 aromatic rings. The second-order valence-electron chi connectivity index (χ2n) is 7.16. The van der Waals surface area contributed by atoms with E-state index >= 15 is 0 Å². The Morgan fingerprint density at radius 3 is 3.10 bits per heavy atom. The van der Waals surface area contributed by atoms with E-state index in [1.54, 1.807) is 36.7 Å². The standard InChI is InChI=1S/C20H23N5O3S/c1-13-11-22-9-8-15(13)20(26)25-10-3-2-5-14(25)12-28-17-7-4-6-16-18(17)19(21)24-29(27)23-16/h4,6-9,11,14,23H,2-3,5,10,12H2,1H3,(H2,21,24). The Kier molecular flexibility index (Phi) is 5.59. The monoisotopic (exact) mass is 413 g/mol. The van der Waals surface area contributed by atoms with Crippen LogP contribution in [0.2, 0.25) is 0 Å². The molecule has 0 saturated carbocycles. The Morgan fingerprint density at radius 1 is 1.41 bits per heavy atom. The number of nitrogens with one attached hydrogen (secondary N) is 1. The number of rotatable bonds is 4. The smallest absolute Gasteiger partial charge is 0.254 e. The van der Waals surface area contributed by atoms with Crippen LogP contribution >= 0.6 is 0 Å². The van der Waals surface area contributed by atoms with Crippen molar-refractivity contribution < 1.29 is 14.1 Å². The van der Waals surface area contributed by atoms with Crippen molar-refractivity contribution in [3.8, 4) is 5.75 Å². The Morgan fingerprint density at radius 2 is 2.28 bits per heavy atom. The minimum absolute atomic E-state index is 0.00595. The molecule has 152 valence electrons. The maximum atomic E-state index is 13.1. The number of hydrogen-bond donors (Lipinski definition) is 2. The van der Waals surface area contributed by atoms with E-state index in [1.807, 2.05) is 11.8 Å². The third-order valence-electron chi connectivity index (χ3n) is 5.23. The molecule has 2 unspecified atom stereocenters. The summed E-state index contributed by atoms with van der Waals surface area (Å²) < 4.78 is 24.4. The van der Waals surface area contributed by atoms with E-state index in [0.29, 0.717) is 35.7 Å². The van der Waals surface area contributed by atoms with E-state index in [9.17, 15) is 9.35 Å². The van der Waals surface area contributed by atoms with Gasteiger partial charge < -0.3 is 19.9 Å². The van der Waals surface area contributed by atoms with Crippen LogP contribution in [0.5, 0.6) is 5.75 Å². The fourth-order valence-corrected chi connectivity index (χ4v) is 4.42. The first-order chi connectivity index (χ1) is 14.0. The largest absolute Gasteiger partial charge is 0.566 e. The third-order valence-corrected chi connectivity index (χ3v) is 5.99. The van der Waals surface area contributed by atoms with Crippen molar-refractivity contribution in [1.82, 2.24) is 9.88 Å². The fourth-order valence-electron chi connectivity index (χ4n) is 3.75. The highest BCUT2D eigenvalue weighted by Crippen LogP contribution is 2.31. The minimum Gasteiger partial charge on any atom is -0.566 e. The molecule has 1 amide bonds. The van der Waals surface area contributed by atoms with Gasteiger partial charge in [0.2, 0.25) is 11.5 Å². The number of aromatic nitrogens is 1. The van der Waals surface area contributed by atoms with Crippen molar-refractivity contribution in [3.63, 3.8) is 0 Å². The lowest BCUT2D eigenvalue weighted by Gasteiger charge is -2.36. The summed E-state index contributed by atoms with van der Waals surface area (Å²) in [5.41, 5.74) is 8.74. The van der Waals surface area contributed by atoms with Crippen LogP contribution in [0.25, 0.3) is 0 Å². The summed E-state index contributed by atoms with van der Waals surface area (Å²) in [5, 5.41) is 0. The SMILES string of the molecule is Cc1cnccc1C(=O)N1CCCCC1COc1cccc2c1C(N)=N[S+]([O-])N2. The van der Waals surface area contributed by atoms with E-state index in [1.165, 1.54) is 0 Å². The highest BCUT2D eigenvalue weighted by atomic mass is 32.2. The first-order valence-corrected chi connectivity index (χ1v) is 10.7. The number of amidine groups is 1. The number of fused-ring (bicyclic) bond motifs is 1. The van der Waals surface area contributed by atoms with E-state index in [-0.39, 0.29) is 17.8 Å². The van der Waals surface area contributed by atoms with Crippen LogP contribution in [0.15, 0.2) is 41.1 Å². The van der Waals surface area contributed by atoms with Gasteiger partial charge in [-0.15, -0.1) is 0 Å². The number of piperidine rings is 1. The van der Waals surface area contributed by atoms with Crippen molar-refractivity contribution in [2.45, 2.75) is 32.2 Å². The molecule has 2 aliphatic heterocycles. The van der Waals surface area contributed by atoms with E-state index < -0.39 is 11.5 Å². The van der Waals surface area contributed by atoms with E-state index in [0.717, 1.165) is 24.8 Å². The number of carbonyl (C=O) groups excluding carboxylic acids is 1. The van der Waals surface area contributed by atoms with Gasteiger partial charge in [0.05, 0.1) is 17.3 Å². The van der Waals surface area contributed by atoms with Crippen LogP contribution in [0.1, 0.15) is 40.7 Å². The summed E-state index contributed by atoms with van der Waals surface area (Å²) in [6.45, 7) is 2.94. The van der Waals surface area contributed by atoms with Gasteiger partial charge in [-0.05, 0) is 54.3 Å². The molecule has 1 aromatic carbocycles. The zero-order chi connectivity index (χ0) is 20.4. The van der Waals surface area contributed by atoms with Gasteiger partial charge in [-0.1, -0.05) is 6.07 Å². The molecular formula is C20H23N5O3S. The Hall–Kier alpha value is -2.78. The first-order valence-electron chi connectivity index (χ1n) is 9.55. The molecule has 1 saturated heterocycles. The molecule has 0 spiro atoms. The van der Waals surface area contributed by atoms with Crippen LogP contribution in [-0.2, 0) is 11.5 Å². The van der Waals surface area contributed by atoms with Crippen molar-refractivity contribution >= 4 is 29.0 Å². The number of carbonyl (C=O) groups is 1. The quantitative estimate of drug-likeness (QED) is 0.742. The molecule has 1 fully saturated rings. The molecule has 3 N–H and O–H groups in total. The van der Waals surface area contributed by atoms with Crippen molar-refractivity contribution in [2.24, 2.45) is 10.1 Å². The van der Waals surface area contributed by atoms with E-state index in [2.05, 4.69) is 14.1 Å². The molecule has 4 rings (SSSR count). The number of ether oxygens (including phenoxy) is 1. The number of nitrogens with zero attached hydrogens (tertiary/aromatic N) is 3. The lowest BCUT2D eigenvalue weighted by atomic mass is 10.0. The number of hydrogen-bond acceptors (Lipinski definition) is 7. The third kappa shape index (κ3) is 4.01. The number of nitrogens with two attached hydrogens (primary N) is 1. The Labute approximate surface area is 172 Å². The fraction of sp³-hybridized carbons (Fsp3) is 0.350. The Balaban J connectivity index is 1.52. The normalized spacial score (nSPS) is 21.0. The van der Waals surface area contributed by atoms with Gasteiger partial charge in [0.1, 0.15) is 12.4 Å². The van der Waals surface area contributed by atoms with Gasteiger partial charge in [0, 0.05) is 24.5 Å². The molecule has 0 aliphatic carbocycles. The summed E-state index contributed by atoms with van der Waals surface area (Å²) >= 11 is -1.58. The first kappa shape index (κ1) is 19.5. The highest BCUT2D eigenvalue weighted by molar-refractivity contribution is 7.91. The molecule has 3 heterocycles. The second-order valence-corrected chi connectivity index (χ2v) is 8.04. The topological polar surface area (TPSA) is 116 Å². The van der Waals surface area contributed by atoms with Crippen molar-refractivity contribution in [2.75, 3.05) is 17.9 Å². The van der Waals surface area contributed by atoms with Gasteiger partial charge >= 0.3 is 0 Å². The van der Waals surface area contributed by atoms with Crippen molar-refractivity contribution in [3.05, 3.63) is 53.3 Å². The molecule has 1 aromatic heterocycles. The lowest BCUT2D eigenvalue weighted by Crippen LogP contribution is -2.47. The number of pyridine rings is 1. The lowest BCUT2D eigenvalue weighted by molar-refractivity contribution is 0.0527. The molecule has 8 nitrogen and oxygen atoms in total. The van der Waals surface area contributed by atoms with Gasteiger partial charge in [0.15, 0.2) is 5.84 Å². The average molecular weight is 414 g/mol. The zero-order valence-electron chi connectivity index (χ0n) is 16.1. The van der Waals surface area contributed by atoms with Gasteiger partial charge in [-0.2, -0.15) is 4.72 Å². The molecule has 9 heteroatoms. The molecule has 0 bridgehead atoms. The van der Waals surface area contributed by atoms with Crippen LogP contribution in [-0.4, -0.2) is 45.4 Å². The average Bonchev–Trinajstić information content (AvgIpc) is 2.72. The second kappa shape index (κ2) is 8.30. The molecule has 29 heavy (non-hydrogen) atoms. The van der Waals surface area contributed by atoms with Gasteiger partial charge in [-0.25, -0.2) is 0 Å². The van der Waals surface area contributed by atoms with Crippen molar-refractivity contribution in [1.29, 1.82) is 0 Å². The van der Waals surface area contributed by atoms with Crippen LogP contribution in [0.4, 0.5) is 5.69 Å². The van der Waals surface area contributed by atoms with E-state index in [4.69, 9.17) is 10.5 Å². The number of anilines is 1. The summed E-state index contributed by atoms with van der Waals surface area (Å²) in [6.07, 6.45) is 6.24. The minimum atomic E-state index is -1.58. The molecule has 2 aliphatic rings. The van der Waals surface area contributed by atoms with Crippen LogP contribution < -0.4 is 15.2 Å². The maximum absolute atomic E-state index is 13.1. The van der Waals surface area contributed by atoms with Crippen LogP contribution in [0, 0.1) is 6.92 Å². The summed E-state index contributed by atoms with van der Waals surface area (Å²) in [5.74, 6) is 0.745. The molecular weight excluding hydrogens is 390 g/mol. The molecule has 2 atom stereocenters. The predicted octanol–water partition coefficient (Wildman–Crippen LogP) is 2.17. The Bertz CT molecular complexity index is 951. The summed E-state index contributed by atoms with van der Waals surface area (Å²) in [4.78, 5) is 19.1. The summed E-state index contributed by atoms with van der Waals surface area (Å²) in [6, 6.07) is 7.12. The summed E-state index contributed by atoms with van der Waals surface area (Å²) in [7, 11) is 0. The predicted molar refractivity (Wildman–Crippen MR) is 112 cm³/mol. The number of likely N-dealkylation sites (tertiary alicyclic amines) is 1. The molecule has 0 radical (unpaired) electrons. The number of amides is 1. The zero-order valence-corrected chi connectivity index (χ0v) is 16.9. The number of aryl methyl sites for hydroxylation is 1.